The van der Waals surface area contributed by atoms with Gasteiger partial charge in [-0.15, -0.1) is 0 Å². The van der Waals surface area contributed by atoms with E-state index in [1.54, 1.807) is 7.11 Å². The number of hydrogen-bond acceptors (Lipinski definition) is 3. The standard InChI is InChI=1S/C16H25NO2/c1-5-13(3)17(11-12-19-4)15-9-7-14(8-10-15)16(18)6-2/h7-10,13H,5-6,11-12H2,1-4H3. The predicted octanol–water partition coefficient (Wildman–Crippen LogP) is 3.53. The molecule has 0 saturated carbocycles. The van der Waals surface area contributed by atoms with Crippen LogP contribution in [0.1, 0.15) is 44.0 Å². The zero-order valence-corrected chi connectivity index (χ0v) is 12.5. The lowest BCUT2D eigenvalue weighted by atomic mass is 10.1. The summed E-state index contributed by atoms with van der Waals surface area (Å²) in [4.78, 5) is 13.9. The fourth-order valence-corrected chi connectivity index (χ4v) is 2.06. The molecule has 0 heterocycles. The van der Waals surface area contributed by atoms with Gasteiger partial charge in [-0.3, -0.25) is 4.79 Å². The Labute approximate surface area is 116 Å². The van der Waals surface area contributed by atoms with Gasteiger partial charge in [-0.05, 0) is 37.6 Å². The number of Topliss-reactive ketones (excluding diaryl/α,β-unsaturated/α-hetero) is 1. The van der Waals surface area contributed by atoms with Crippen molar-refractivity contribution in [3.05, 3.63) is 29.8 Å². The molecule has 0 aliphatic heterocycles. The summed E-state index contributed by atoms with van der Waals surface area (Å²) in [5.74, 6) is 0.193. The van der Waals surface area contributed by atoms with Crippen molar-refractivity contribution in [2.45, 2.75) is 39.7 Å². The van der Waals surface area contributed by atoms with E-state index in [1.807, 2.05) is 31.2 Å². The zero-order valence-electron chi connectivity index (χ0n) is 12.5. The molecule has 1 atom stereocenters. The first-order chi connectivity index (χ1) is 9.13. The Morgan fingerprint density at radius 2 is 1.89 bits per heavy atom. The monoisotopic (exact) mass is 263 g/mol. The molecule has 1 unspecified atom stereocenters. The van der Waals surface area contributed by atoms with Crippen LogP contribution in [0.3, 0.4) is 0 Å². The third-order valence-electron chi connectivity index (χ3n) is 3.50. The molecule has 0 aromatic heterocycles. The number of ether oxygens (including phenoxy) is 1. The Kier molecular flexibility index (Phi) is 6.57. The van der Waals surface area contributed by atoms with E-state index < -0.39 is 0 Å². The van der Waals surface area contributed by atoms with Gasteiger partial charge in [0.05, 0.1) is 6.61 Å². The number of nitrogens with zero attached hydrogens (tertiary/aromatic N) is 1. The summed E-state index contributed by atoms with van der Waals surface area (Å²) in [7, 11) is 1.72. The predicted molar refractivity (Wildman–Crippen MR) is 80.0 cm³/mol. The molecular weight excluding hydrogens is 238 g/mol. The summed E-state index contributed by atoms with van der Waals surface area (Å²) in [5.41, 5.74) is 1.95. The lowest BCUT2D eigenvalue weighted by Crippen LogP contribution is -2.35. The molecule has 0 spiro atoms. The Balaban J connectivity index is 2.87. The molecule has 0 bridgehead atoms. The Hall–Kier alpha value is -1.35. The minimum Gasteiger partial charge on any atom is -0.383 e. The highest BCUT2D eigenvalue weighted by Crippen LogP contribution is 2.19. The van der Waals surface area contributed by atoms with Crippen LogP contribution in [0.25, 0.3) is 0 Å². The third kappa shape index (κ3) is 4.35. The first-order valence-corrected chi connectivity index (χ1v) is 7.02. The van der Waals surface area contributed by atoms with E-state index in [1.165, 1.54) is 0 Å². The second-order valence-corrected chi connectivity index (χ2v) is 4.77. The minimum atomic E-state index is 0.193. The first-order valence-electron chi connectivity index (χ1n) is 7.02. The van der Waals surface area contributed by atoms with E-state index in [-0.39, 0.29) is 5.78 Å². The highest BCUT2D eigenvalue weighted by molar-refractivity contribution is 5.96. The normalized spacial score (nSPS) is 12.2. The zero-order chi connectivity index (χ0) is 14.3. The summed E-state index contributed by atoms with van der Waals surface area (Å²) in [6.07, 6.45) is 1.64. The molecule has 0 N–H and O–H groups in total. The van der Waals surface area contributed by atoms with Crippen molar-refractivity contribution in [3.63, 3.8) is 0 Å². The summed E-state index contributed by atoms with van der Waals surface area (Å²) in [6.45, 7) is 7.85. The Morgan fingerprint density at radius 1 is 1.26 bits per heavy atom. The lowest BCUT2D eigenvalue weighted by Gasteiger charge is -2.30. The molecule has 0 aliphatic carbocycles. The van der Waals surface area contributed by atoms with Gasteiger partial charge in [-0.1, -0.05) is 13.8 Å². The summed E-state index contributed by atoms with van der Waals surface area (Å²) >= 11 is 0. The average Bonchev–Trinajstić information content (AvgIpc) is 2.47. The van der Waals surface area contributed by atoms with Gasteiger partial charge >= 0.3 is 0 Å². The van der Waals surface area contributed by atoms with E-state index in [0.717, 1.165) is 24.2 Å². The molecule has 1 rings (SSSR count). The van der Waals surface area contributed by atoms with E-state index in [9.17, 15) is 4.79 Å². The van der Waals surface area contributed by atoms with Crippen molar-refractivity contribution in [2.75, 3.05) is 25.2 Å². The van der Waals surface area contributed by atoms with Crippen molar-refractivity contribution in [1.29, 1.82) is 0 Å². The molecule has 1 aromatic rings. The van der Waals surface area contributed by atoms with Crippen LogP contribution in [0.15, 0.2) is 24.3 Å². The van der Waals surface area contributed by atoms with Crippen LogP contribution in [0.5, 0.6) is 0 Å². The third-order valence-corrected chi connectivity index (χ3v) is 3.50. The molecule has 0 saturated heterocycles. The van der Waals surface area contributed by atoms with Gasteiger partial charge in [-0.25, -0.2) is 0 Å². The lowest BCUT2D eigenvalue weighted by molar-refractivity contribution is 0.0988. The molecule has 3 heteroatoms. The number of carbonyl (C=O) groups is 1. The van der Waals surface area contributed by atoms with Crippen LogP contribution in [-0.2, 0) is 4.74 Å². The van der Waals surface area contributed by atoms with Crippen molar-refractivity contribution >= 4 is 11.5 Å². The van der Waals surface area contributed by atoms with Crippen LogP contribution in [0.4, 0.5) is 5.69 Å². The van der Waals surface area contributed by atoms with Crippen molar-refractivity contribution < 1.29 is 9.53 Å². The van der Waals surface area contributed by atoms with Crippen molar-refractivity contribution in [1.82, 2.24) is 0 Å². The number of benzene rings is 1. The number of methoxy groups -OCH3 is 1. The largest absolute Gasteiger partial charge is 0.383 e. The molecule has 19 heavy (non-hydrogen) atoms. The highest BCUT2D eigenvalue weighted by atomic mass is 16.5. The highest BCUT2D eigenvalue weighted by Gasteiger charge is 2.13. The van der Waals surface area contributed by atoms with Crippen LogP contribution in [-0.4, -0.2) is 32.1 Å². The molecule has 3 nitrogen and oxygen atoms in total. The first kappa shape index (κ1) is 15.7. The SMILES string of the molecule is CCC(=O)c1ccc(N(CCOC)C(C)CC)cc1. The summed E-state index contributed by atoms with van der Waals surface area (Å²) in [6, 6.07) is 8.37. The fraction of sp³-hybridized carbons (Fsp3) is 0.562. The number of hydrogen-bond donors (Lipinski definition) is 0. The van der Waals surface area contributed by atoms with E-state index >= 15 is 0 Å². The van der Waals surface area contributed by atoms with Gasteiger partial charge in [0.15, 0.2) is 5.78 Å². The Morgan fingerprint density at radius 3 is 2.37 bits per heavy atom. The van der Waals surface area contributed by atoms with Gasteiger partial charge in [0.1, 0.15) is 0 Å². The van der Waals surface area contributed by atoms with Gasteiger partial charge in [-0.2, -0.15) is 0 Å². The second kappa shape index (κ2) is 7.95. The number of rotatable bonds is 8. The van der Waals surface area contributed by atoms with Crippen LogP contribution < -0.4 is 4.90 Å². The minimum absolute atomic E-state index is 0.193. The van der Waals surface area contributed by atoms with Crippen LogP contribution in [0.2, 0.25) is 0 Å². The van der Waals surface area contributed by atoms with E-state index in [2.05, 4.69) is 18.7 Å². The molecule has 1 aromatic carbocycles. The average molecular weight is 263 g/mol. The van der Waals surface area contributed by atoms with Crippen LogP contribution >= 0.6 is 0 Å². The second-order valence-electron chi connectivity index (χ2n) is 4.77. The van der Waals surface area contributed by atoms with Gasteiger partial charge in [0.2, 0.25) is 0 Å². The van der Waals surface area contributed by atoms with Crippen LogP contribution in [0, 0.1) is 0 Å². The molecule has 0 fully saturated rings. The number of carbonyl (C=O) groups excluding carboxylic acids is 1. The molecule has 0 amide bonds. The topological polar surface area (TPSA) is 29.5 Å². The van der Waals surface area contributed by atoms with Crippen molar-refractivity contribution in [2.24, 2.45) is 0 Å². The van der Waals surface area contributed by atoms with E-state index in [4.69, 9.17) is 4.74 Å². The molecule has 0 radical (unpaired) electrons. The van der Waals surface area contributed by atoms with E-state index in [0.29, 0.717) is 19.1 Å². The van der Waals surface area contributed by atoms with Gasteiger partial charge in [0.25, 0.3) is 0 Å². The van der Waals surface area contributed by atoms with Gasteiger partial charge in [0, 0.05) is 37.4 Å². The molecule has 0 aliphatic rings. The maximum Gasteiger partial charge on any atom is 0.162 e. The molecular formula is C16H25NO2. The smallest absolute Gasteiger partial charge is 0.162 e. The number of ketones is 1. The quantitative estimate of drug-likeness (QED) is 0.672. The maximum absolute atomic E-state index is 11.6. The number of anilines is 1. The van der Waals surface area contributed by atoms with Gasteiger partial charge < -0.3 is 9.64 Å². The summed E-state index contributed by atoms with van der Waals surface area (Å²) < 4.78 is 5.17. The van der Waals surface area contributed by atoms with Crippen molar-refractivity contribution in [3.8, 4) is 0 Å². The fourth-order valence-electron chi connectivity index (χ4n) is 2.06. The summed E-state index contributed by atoms with van der Waals surface area (Å²) in [5, 5.41) is 0. The molecule has 106 valence electrons. The maximum atomic E-state index is 11.6. The Bertz CT molecular complexity index is 386.